The summed E-state index contributed by atoms with van der Waals surface area (Å²) in [5.74, 6) is 0.708. The predicted molar refractivity (Wildman–Crippen MR) is 96.5 cm³/mol. The number of nitrogens with zero attached hydrogens (tertiary/aromatic N) is 3. The second-order valence-corrected chi connectivity index (χ2v) is 6.59. The van der Waals surface area contributed by atoms with Gasteiger partial charge in [0.15, 0.2) is 16.5 Å². The fourth-order valence-electron chi connectivity index (χ4n) is 2.52. The van der Waals surface area contributed by atoms with Gasteiger partial charge in [0.2, 0.25) is 0 Å². The highest BCUT2D eigenvalue weighted by atomic mass is 32.1. The van der Waals surface area contributed by atoms with Crippen molar-refractivity contribution >= 4 is 27.5 Å². The molecule has 3 heterocycles. The van der Waals surface area contributed by atoms with E-state index in [1.807, 2.05) is 35.0 Å². The molecular formula is C18H16N4O2S. The summed E-state index contributed by atoms with van der Waals surface area (Å²) in [5, 5.41) is 3.65. The number of aryl methyl sites for hydroxylation is 1. The Balaban J connectivity index is 1.37. The average molecular weight is 352 g/mol. The van der Waals surface area contributed by atoms with Gasteiger partial charge >= 0.3 is 0 Å². The van der Waals surface area contributed by atoms with Gasteiger partial charge in [0.25, 0.3) is 5.91 Å². The molecule has 0 aliphatic rings. The summed E-state index contributed by atoms with van der Waals surface area (Å²) >= 11 is 1.55. The molecule has 4 rings (SSSR count). The topological polar surface area (TPSA) is 73.0 Å². The lowest BCUT2D eigenvalue weighted by Crippen LogP contribution is -2.24. The van der Waals surface area contributed by atoms with Gasteiger partial charge < -0.3 is 14.3 Å². The number of carbonyl (C=O) groups excluding carboxylic acids is 1. The maximum Gasteiger partial charge on any atom is 0.287 e. The third kappa shape index (κ3) is 3.46. The van der Waals surface area contributed by atoms with Crippen LogP contribution in [0.25, 0.3) is 21.0 Å². The van der Waals surface area contributed by atoms with Gasteiger partial charge in [-0.05, 0) is 30.7 Å². The highest BCUT2D eigenvalue weighted by Gasteiger charge is 2.14. The number of rotatable bonds is 6. The zero-order valence-corrected chi connectivity index (χ0v) is 14.2. The lowest BCUT2D eigenvalue weighted by molar-refractivity contribution is 0.0926. The molecule has 1 amide bonds. The molecule has 0 saturated carbocycles. The normalized spacial score (nSPS) is 11.0. The molecule has 0 spiro atoms. The number of thiazole rings is 1. The Labute approximate surface area is 148 Å². The van der Waals surface area contributed by atoms with Crippen molar-refractivity contribution in [1.29, 1.82) is 0 Å². The smallest absolute Gasteiger partial charge is 0.287 e. The van der Waals surface area contributed by atoms with Crippen LogP contribution in [0.15, 0.2) is 59.5 Å². The van der Waals surface area contributed by atoms with Crippen LogP contribution in [0.5, 0.6) is 0 Å². The summed E-state index contributed by atoms with van der Waals surface area (Å²) < 4.78 is 8.76. The van der Waals surface area contributed by atoms with E-state index in [1.54, 1.807) is 36.0 Å². The maximum atomic E-state index is 12.2. The summed E-state index contributed by atoms with van der Waals surface area (Å²) in [6, 6.07) is 11.4. The first-order valence-corrected chi connectivity index (χ1v) is 8.81. The number of para-hydroxylation sites is 1. The lowest BCUT2D eigenvalue weighted by Gasteiger charge is -2.03. The van der Waals surface area contributed by atoms with Crippen molar-refractivity contribution in [3.8, 4) is 10.8 Å². The molecule has 6 nitrogen and oxygen atoms in total. The fraction of sp³-hybridized carbons (Fsp3) is 0.167. The predicted octanol–water partition coefficient (Wildman–Crippen LogP) is 3.57. The van der Waals surface area contributed by atoms with Gasteiger partial charge in [-0.15, -0.1) is 11.3 Å². The number of amides is 1. The second-order valence-electron chi connectivity index (χ2n) is 5.56. The van der Waals surface area contributed by atoms with Crippen molar-refractivity contribution in [1.82, 2.24) is 19.9 Å². The standard InChI is InChI=1S/C18H16N4O2S/c23-17(20-8-3-10-22-11-9-19-12-22)14-6-7-15(24-14)18-21-13-4-1-2-5-16(13)25-18/h1-2,4-7,9,11-12H,3,8,10H2,(H,20,23). The second kappa shape index (κ2) is 6.90. The van der Waals surface area contributed by atoms with E-state index >= 15 is 0 Å². The van der Waals surface area contributed by atoms with Crippen LogP contribution in [0.1, 0.15) is 17.0 Å². The number of hydrogen-bond donors (Lipinski definition) is 1. The fourth-order valence-corrected chi connectivity index (χ4v) is 3.45. The van der Waals surface area contributed by atoms with Gasteiger partial charge in [-0.3, -0.25) is 4.79 Å². The van der Waals surface area contributed by atoms with Crippen LogP contribution >= 0.6 is 11.3 Å². The number of fused-ring (bicyclic) bond motifs is 1. The summed E-state index contributed by atoms with van der Waals surface area (Å²) in [6.45, 7) is 1.39. The van der Waals surface area contributed by atoms with Gasteiger partial charge in [-0.2, -0.15) is 0 Å². The molecule has 0 atom stereocenters. The van der Waals surface area contributed by atoms with Gasteiger partial charge in [0, 0.05) is 25.5 Å². The molecule has 0 saturated heterocycles. The van der Waals surface area contributed by atoms with Gasteiger partial charge in [-0.1, -0.05) is 12.1 Å². The quantitative estimate of drug-likeness (QED) is 0.538. The SMILES string of the molecule is O=C(NCCCn1ccnc1)c1ccc(-c2nc3ccccc3s2)o1. The van der Waals surface area contributed by atoms with Crippen molar-refractivity contribution in [3.05, 3.63) is 60.9 Å². The maximum absolute atomic E-state index is 12.2. The first kappa shape index (κ1) is 15.6. The molecule has 126 valence electrons. The van der Waals surface area contributed by atoms with Gasteiger partial charge in [-0.25, -0.2) is 9.97 Å². The lowest BCUT2D eigenvalue weighted by atomic mass is 10.3. The minimum Gasteiger partial charge on any atom is -0.448 e. The Morgan fingerprint density at radius 2 is 2.16 bits per heavy atom. The van der Waals surface area contributed by atoms with E-state index in [1.165, 1.54) is 0 Å². The van der Waals surface area contributed by atoms with Crippen LogP contribution in [0.4, 0.5) is 0 Å². The number of aromatic nitrogens is 3. The molecule has 3 aromatic heterocycles. The van der Waals surface area contributed by atoms with E-state index in [9.17, 15) is 4.79 Å². The van der Waals surface area contributed by atoms with Crippen molar-refractivity contribution in [3.63, 3.8) is 0 Å². The molecule has 4 aromatic rings. The van der Waals surface area contributed by atoms with E-state index in [0.717, 1.165) is 28.2 Å². The van der Waals surface area contributed by atoms with Crippen molar-refractivity contribution in [2.45, 2.75) is 13.0 Å². The summed E-state index contributed by atoms with van der Waals surface area (Å²) in [6.07, 6.45) is 6.23. The minimum absolute atomic E-state index is 0.210. The van der Waals surface area contributed by atoms with Gasteiger partial charge in [0.05, 0.1) is 16.5 Å². The molecule has 1 N–H and O–H groups in total. The van der Waals surface area contributed by atoms with E-state index in [0.29, 0.717) is 18.1 Å². The molecule has 0 aliphatic heterocycles. The van der Waals surface area contributed by atoms with Crippen molar-refractivity contribution in [2.24, 2.45) is 0 Å². The molecule has 25 heavy (non-hydrogen) atoms. The van der Waals surface area contributed by atoms with E-state index in [-0.39, 0.29) is 5.91 Å². The Kier molecular flexibility index (Phi) is 4.30. The molecule has 0 radical (unpaired) electrons. The molecule has 0 unspecified atom stereocenters. The Bertz CT molecular complexity index is 955. The number of hydrogen-bond acceptors (Lipinski definition) is 5. The van der Waals surface area contributed by atoms with Crippen LogP contribution < -0.4 is 5.32 Å². The van der Waals surface area contributed by atoms with E-state index in [4.69, 9.17) is 4.42 Å². The first-order chi connectivity index (χ1) is 12.3. The summed E-state index contributed by atoms with van der Waals surface area (Å²) in [4.78, 5) is 20.7. The number of benzene rings is 1. The summed E-state index contributed by atoms with van der Waals surface area (Å²) in [7, 11) is 0. The molecular weight excluding hydrogens is 336 g/mol. The zero-order valence-electron chi connectivity index (χ0n) is 13.4. The van der Waals surface area contributed by atoms with Gasteiger partial charge in [0.1, 0.15) is 0 Å². The average Bonchev–Trinajstić information content (AvgIpc) is 3.38. The highest BCUT2D eigenvalue weighted by Crippen LogP contribution is 2.31. The molecule has 7 heteroatoms. The third-order valence-electron chi connectivity index (χ3n) is 3.77. The Hall–Kier alpha value is -2.93. The van der Waals surface area contributed by atoms with E-state index < -0.39 is 0 Å². The number of nitrogens with one attached hydrogen (secondary N) is 1. The first-order valence-electron chi connectivity index (χ1n) is 7.99. The van der Waals surface area contributed by atoms with Crippen LogP contribution in [0.2, 0.25) is 0 Å². The molecule has 0 aliphatic carbocycles. The van der Waals surface area contributed by atoms with Crippen LogP contribution in [0.3, 0.4) is 0 Å². The molecule has 1 aromatic carbocycles. The largest absolute Gasteiger partial charge is 0.448 e. The molecule has 0 bridgehead atoms. The number of carbonyl (C=O) groups is 1. The Morgan fingerprint density at radius 3 is 3.00 bits per heavy atom. The number of imidazole rings is 1. The molecule has 0 fully saturated rings. The van der Waals surface area contributed by atoms with Crippen LogP contribution in [-0.4, -0.2) is 27.0 Å². The number of furan rings is 1. The zero-order chi connectivity index (χ0) is 17.1. The van der Waals surface area contributed by atoms with Crippen molar-refractivity contribution in [2.75, 3.05) is 6.54 Å². The summed E-state index contributed by atoms with van der Waals surface area (Å²) in [5.41, 5.74) is 0.935. The Morgan fingerprint density at radius 1 is 1.24 bits per heavy atom. The van der Waals surface area contributed by atoms with Crippen LogP contribution in [0, 0.1) is 0 Å². The highest BCUT2D eigenvalue weighted by molar-refractivity contribution is 7.21. The third-order valence-corrected chi connectivity index (χ3v) is 4.82. The monoisotopic (exact) mass is 352 g/mol. The van der Waals surface area contributed by atoms with Crippen molar-refractivity contribution < 1.29 is 9.21 Å². The minimum atomic E-state index is -0.210. The van der Waals surface area contributed by atoms with E-state index in [2.05, 4.69) is 15.3 Å². The van der Waals surface area contributed by atoms with Crippen LogP contribution in [-0.2, 0) is 6.54 Å².